The van der Waals surface area contributed by atoms with Gasteiger partial charge >= 0.3 is 0 Å². The molecule has 0 spiro atoms. The van der Waals surface area contributed by atoms with Gasteiger partial charge in [-0.15, -0.1) is 0 Å². The van der Waals surface area contributed by atoms with Crippen LogP contribution in [0.2, 0.25) is 0 Å². The van der Waals surface area contributed by atoms with E-state index in [1.807, 2.05) is 13.8 Å². The highest BCUT2D eigenvalue weighted by Crippen LogP contribution is 2.23. The zero-order chi connectivity index (χ0) is 7.33. The number of carbonyl (C=O) groups excluding carboxylic acids is 1. The molecule has 1 heteroatoms. The Morgan fingerprint density at radius 3 is 2.33 bits per heavy atom. The van der Waals surface area contributed by atoms with Crippen molar-refractivity contribution in [2.75, 3.05) is 0 Å². The van der Waals surface area contributed by atoms with Crippen molar-refractivity contribution in [1.82, 2.24) is 0 Å². The van der Waals surface area contributed by atoms with Gasteiger partial charge < -0.3 is 4.79 Å². The van der Waals surface area contributed by atoms with Gasteiger partial charge in [0.05, 0.1) is 0 Å². The van der Waals surface area contributed by atoms with Crippen LogP contribution < -0.4 is 0 Å². The molecule has 0 aliphatic rings. The molecule has 9 heavy (non-hydrogen) atoms. The van der Waals surface area contributed by atoms with Crippen LogP contribution in [0.15, 0.2) is 0 Å². The van der Waals surface area contributed by atoms with Crippen molar-refractivity contribution in [2.24, 2.45) is 5.41 Å². The number of carbonyl (C=O) groups is 1. The molecule has 0 saturated heterocycles. The minimum atomic E-state index is -0.109. The molecule has 1 nitrogen and oxygen atoms in total. The van der Waals surface area contributed by atoms with Gasteiger partial charge in [-0.25, -0.2) is 0 Å². The summed E-state index contributed by atoms with van der Waals surface area (Å²) in [7, 11) is 0. The molecule has 0 aromatic rings. The summed E-state index contributed by atoms with van der Waals surface area (Å²) < 4.78 is 0. The van der Waals surface area contributed by atoms with Crippen LogP contribution in [0.25, 0.3) is 0 Å². The minimum absolute atomic E-state index is 0.109. The van der Waals surface area contributed by atoms with Crippen molar-refractivity contribution < 1.29 is 4.79 Å². The minimum Gasteiger partial charge on any atom is -0.303 e. The molecule has 53 valence electrons. The molecule has 0 fully saturated rings. The van der Waals surface area contributed by atoms with E-state index >= 15 is 0 Å². The molecule has 0 heterocycles. The summed E-state index contributed by atoms with van der Waals surface area (Å²) in [6.45, 7) is 7.72. The first-order valence-corrected chi connectivity index (χ1v) is 3.44. The fraction of sp³-hybridized carbons (Fsp3) is 0.750. The van der Waals surface area contributed by atoms with Crippen molar-refractivity contribution in [2.45, 2.75) is 33.1 Å². The molecule has 0 aliphatic carbocycles. The predicted molar refractivity (Wildman–Crippen MR) is 39.1 cm³/mol. The van der Waals surface area contributed by atoms with Crippen LogP contribution in [0.5, 0.6) is 0 Å². The summed E-state index contributed by atoms with van der Waals surface area (Å²) >= 11 is 0. The molecule has 0 aromatic carbocycles. The third kappa shape index (κ3) is 2.64. The van der Waals surface area contributed by atoms with Crippen molar-refractivity contribution >= 4 is 6.29 Å². The second-order valence-electron chi connectivity index (χ2n) is 2.73. The van der Waals surface area contributed by atoms with Gasteiger partial charge in [-0.05, 0) is 12.8 Å². The molecule has 0 N–H and O–H groups in total. The fourth-order valence-corrected chi connectivity index (χ4v) is 0.723. The maximum absolute atomic E-state index is 10.4. The molecule has 0 rings (SSSR count). The Hall–Kier alpha value is -0.330. The lowest BCUT2D eigenvalue weighted by atomic mass is 9.85. The monoisotopic (exact) mass is 127 g/mol. The topological polar surface area (TPSA) is 17.1 Å². The number of hydrogen-bond donors (Lipinski definition) is 0. The highest BCUT2D eigenvalue weighted by molar-refractivity contribution is 5.58. The van der Waals surface area contributed by atoms with E-state index in [9.17, 15) is 4.79 Å². The molecule has 1 atom stereocenters. The van der Waals surface area contributed by atoms with E-state index < -0.39 is 0 Å². The lowest BCUT2D eigenvalue weighted by Crippen LogP contribution is -2.15. The van der Waals surface area contributed by atoms with E-state index in [1.54, 1.807) is 0 Å². The van der Waals surface area contributed by atoms with E-state index in [-0.39, 0.29) is 5.41 Å². The summed E-state index contributed by atoms with van der Waals surface area (Å²) in [5.41, 5.74) is -0.109. The second kappa shape index (κ2) is 3.65. The van der Waals surface area contributed by atoms with Gasteiger partial charge in [-0.2, -0.15) is 0 Å². The second-order valence-corrected chi connectivity index (χ2v) is 2.73. The first-order valence-electron chi connectivity index (χ1n) is 3.44. The molecule has 0 bridgehead atoms. The Labute approximate surface area is 57.5 Å². The highest BCUT2D eigenvalue weighted by atomic mass is 16.1. The third-order valence-corrected chi connectivity index (χ3v) is 1.84. The SMILES string of the molecule is [CH2]CCC(C)(C=O)CC. The maximum atomic E-state index is 10.4. The van der Waals surface area contributed by atoms with E-state index in [0.717, 1.165) is 25.5 Å². The van der Waals surface area contributed by atoms with Gasteiger partial charge in [0.2, 0.25) is 0 Å². The Kier molecular flexibility index (Phi) is 3.52. The zero-order valence-electron chi connectivity index (χ0n) is 6.31. The fourth-order valence-electron chi connectivity index (χ4n) is 0.723. The van der Waals surface area contributed by atoms with Gasteiger partial charge in [0.1, 0.15) is 6.29 Å². The standard InChI is InChI=1S/C8H15O/c1-4-6-8(3,5-2)7-9/h7H,1,4-6H2,2-3H3. The average molecular weight is 127 g/mol. The summed E-state index contributed by atoms with van der Waals surface area (Å²) in [6, 6.07) is 0. The summed E-state index contributed by atoms with van der Waals surface area (Å²) in [5, 5.41) is 0. The molecular formula is C8H15O. The molecule has 0 amide bonds. The smallest absolute Gasteiger partial charge is 0.125 e. The van der Waals surface area contributed by atoms with Gasteiger partial charge in [-0.1, -0.05) is 27.2 Å². The molecule has 0 aliphatic heterocycles. The first kappa shape index (κ1) is 8.67. The van der Waals surface area contributed by atoms with Crippen molar-refractivity contribution in [3.63, 3.8) is 0 Å². The van der Waals surface area contributed by atoms with E-state index in [2.05, 4.69) is 6.92 Å². The zero-order valence-corrected chi connectivity index (χ0v) is 6.31. The number of hydrogen-bond acceptors (Lipinski definition) is 1. The van der Waals surface area contributed by atoms with Gasteiger partial charge in [0, 0.05) is 5.41 Å². The Morgan fingerprint density at radius 2 is 2.22 bits per heavy atom. The molecule has 1 unspecified atom stereocenters. The summed E-state index contributed by atoms with van der Waals surface area (Å²) in [6.07, 6.45) is 3.72. The van der Waals surface area contributed by atoms with Crippen LogP contribution in [0.3, 0.4) is 0 Å². The first-order chi connectivity index (χ1) is 4.18. The quantitative estimate of drug-likeness (QED) is 0.529. The van der Waals surface area contributed by atoms with Gasteiger partial charge in [-0.3, -0.25) is 0 Å². The third-order valence-electron chi connectivity index (χ3n) is 1.84. The Bertz CT molecular complexity index is 88.6. The molecule has 0 saturated carbocycles. The van der Waals surface area contributed by atoms with Crippen molar-refractivity contribution in [3.8, 4) is 0 Å². The largest absolute Gasteiger partial charge is 0.303 e. The van der Waals surface area contributed by atoms with E-state index in [0.29, 0.717) is 0 Å². The van der Waals surface area contributed by atoms with Crippen LogP contribution in [-0.2, 0) is 4.79 Å². The van der Waals surface area contributed by atoms with E-state index in [4.69, 9.17) is 0 Å². The molecule has 1 radical (unpaired) electrons. The van der Waals surface area contributed by atoms with Gasteiger partial charge in [0.25, 0.3) is 0 Å². The predicted octanol–water partition coefficient (Wildman–Crippen LogP) is 2.22. The molecular weight excluding hydrogens is 112 g/mol. The van der Waals surface area contributed by atoms with Crippen LogP contribution in [0, 0.1) is 12.3 Å². The lowest BCUT2D eigenvalue weighted by Gasteiger charge is -2.18. The van der Waals surface area contributed by atoms with Crippen LogP contribution >= 0.6 is 0 Å². The van der Waals surface area contributed by atoms with E-state index in [1.165, 1.54) is 0 Å². The summed E-state index contributed by atoms with van der Waals surface area (Å²) in [4.78, 5) is 10.4. The van der Waals surface area contributed by atoms with Crippen LogP contribution in [0.4, 0.5) is 0 Å². The normalized spacial score (nSPS) is 16.8. The lowest BCUT2D eigenvalue weighted by molar-refractivity contribution is -0.115. The number of aldehydes is 1. The average Bonchev–Trinajstić information content (AvgIpc) is 1.89. The Morgan fingerprint density at radius 1 is 1.67 bits per heavy atom. The van der Waals surface area contributed by atoms with Crippen LogP contribution in [-0.4, -0.2) is 6.29 Å². The molecule has 0 aromatic heterocycles. The van der Waals surface area contributed by atoms with Crippen LogP contribution in [0.1, 0.15) is 33.1 Å². The Balaban J connectivity index is 3.76. The van der Waals surface area contributed by atoms with Crippen molar-refractivity contribution in [3.05, 3.63) is 6.92 Å². The maximum Gasteiger partial charge on any atom is 0.125 e. The van der Waals surface area contributed by atoms with Gasteiger partial charge in [0.15, 0.2) is 0 Å². The number of rotatable bonds is 4. The summed E-state index contributed by atoms with van der Waals surface area (Å²) in [5.74, 6) is 0. The highest BCUT2D eigenvalue weighted by Gasteiger charge is 2.18. The van der Waals surface area contributed by atoms with Crippen molar-refractivity contribution in [1.29, 1.82) is 0 Å².